The van der Waals surface area contributed by atoms with E-state index in [-0.39, 0.29) is 5.91 Å². The van der Waals surface area contributed by atoms with Gasteiger partial charge in [0, 0.05) is 15.6 Å². The van der Waals surface area contributed by atoms with E-state index in [9.17, 15) is 4.79 Å². The fourth-order valence-electron chi connectivity index (χ4n) is 1.14. The molecule has 1 N–H and O–H groups in total. The molecule has 5 heteroatoms. The van der Waals surface area contributed by atoms with E-state index in [0.717, 1.165) is 10.6 Å². The van der Waals surface area contributed by atoms with Gasteiger partial charge in [-0.3, -0.25) is 10.1 Å². The first kappa shape index (κ1) is 10.3. The summed E-state index contributed by atoms with van der Waals surface area (Å²) in [7, 11) is 0. The lowest BCUT2D eigenvalue weighted by Crippen LogP contribution is -2.10. The Morgan fingerprint density at radius 1 is 1.33 bits per heavy atom. The molecule has 0 aromatic carbocycles. The van der Waals surface area contributed by atoms with Crippen molar-refractivity contribution < 1.29 is 4.79 Å². The molecule has 0 radical (unpaired) electrons. The maximum Gasteiger partial charge on any atom is 0.258 e. The van der Waals surface area contributed by atoms with Crippen LogP contribution in [0.1, 0.15) is 20.9 Å². The lowest BCUT2D eigenvalue weighted by Gasteiger charge is -1.97. The third-order valence-corrected chi connectivity index (χ3v) is 3.57. The van der Waals surface area contributed by atoms with Gasteiger partial charge in [0.25, 0.3) is 5.91 Å². The standard InChI is InChI=1S/C10H10N2OS2/c1-6-4-15-10(11-6)12-9(13)8-3-7(2)14-5-8/h3-5H,1-2H3,(H,11,12,13). The summed E-state index contributed by atoms with van der Waals surface area (Å²) in [5.41, 5.74) is 1.63. The van der Waals surface area contributed by atoms with Crippen LogP contribution in [0.2, 0.25) is 0 Å². The molecule has 0 fully saturated rings. The SMILES string of the molecule is Cc1csc(NC(=O)c2csc(C)c2)n1. The van der Waals surface area contributed by atoms with Crippen LogP contribution in [0, 0.1) is 13.8 Å². The van der Waals surface area contributed by atoms with E-state index >= 15 is 0 Å². The Bertz CT molecular complexity index is 487. The predicted molar refractivity (Wildman–Crippen MR) is 63.9 cm³/mol. The number of thiazole rings is 1. The molecule has 0 aliphatic heterocycles. The summed E-state index contributed by atoms with van der Waals surface area (Å²) in [6, 6.07) is 1.88. The number of amides is 1. The van der Waals surface area contributed by atoms with Gasteiger partial charge in [0.05, 0.1) is 11.3 Å². The van der Waals surface area contributed by atoms with Crippen molar-refractivity contribution in [3.63, 3.8) is 0 Å². The molecule has 0 saturated heterocycles. The second kappa shape index (κ2) is 4.12. The zero-order chi connectivity index (χ0) is 10.8. The Morgan fingerprint density at radius 3 is 2.67 bits per heavy atom. The van der Waals surface area contributed by atoms with Gasteiger partial charge in [-0.25, -0.2) is 4.98 Å². The van der Waals surface area contributed by atoms with Gasteiger partial charge in [-0.1, -0.05) is 0 Å². The first-order chi connectivity index (χ1) is 7.15. The van der Waals surface area contributed by atoms with Crippen LogP contribution in [0.4, 0.5) is 5.13 Å². The van der Waals surface area contributed by atoms with E-state index in [1.54, 1.807) is 11.3 Å². The molecule has 3 nitrogen and oxygen atoms in total. The highest BCUT2D eigenvalue weighted by atomic mass is 32.1. The number of anilines is 1. The molecule has 0 saturated carbocycles. The fourth-order valence-corrected chi connectivity index (χ4v) is 2.51. The summed E-state index contributed by atoms with van der Waals surface area (Å²) in [6.45, 7) is 3.88. The average molecular weight is 238 g/mol. The maximum absolute atomic E-state index is 11.7. The van der Waals surface area contributed by atoms with Crippen molar-refractivity contribution >= 4 is 33.7 Å². The molecule has 2 rings (SSSR count). The van der Waals surface area contributed by atoms with Gasteiger partial charge in [-0.15, -0.1) is 22.7 Å². The summed E-state index contributed by atoms with van der Waals surface area (Å²) in [5.74, 6) is -0.0892. The Kier molecular flexibility index (Phi) is 2.83. The van der Waals surface area contributed by atoms with Crippen LogP contribution in [0.3, 0.4) is 0 Å². The van der Waals surface area contributed by atoms with Crippen molar-refractivity contribution in [2.24, 2.45) is 0 Å². The molecule has 0 unspecified atom stereocenters. The van der Waals surface area contributed by atoms with Crippen LogP contribution in [0.15, 0.2) is 16.8 Å². The van der Waals surface area contributed by atoms with Gasteiger partial charge < -0.3 is 0 Å². The van der Waals surface area contributed by atoms with E-state index in [1.807, 2.05) is 30.7 Å². The zero-order valence-corrected chi connectivity index (χ0v) is 10.0. The van der Waals surface area contributed by atoms with Crippen LogP contribution >= 0.6 is 22.7 Å². The summed E-state index contributed by atoms with van der Waals surface area (Å²) < 4.78 is 0. The number of aromatic nitrogens is 1. The number of carbonyl (C=O) groups excluding carboxylic acids is 1. The van der Waals surface area contributed by atoms with Crippen molar-refractivity contribution in [2.75, 3.05) is 5.32 Å². The number of thiophene rings is 1. The third kappa shape index (κ3) is 2.43. The molecular formula is C10H10N2OS2. The molecular weight excluding hydrogens is 228 g/mol. The largest absolute Gasteiger partial charge is 0.298 e. The molecule has 2 aromatic rings. The van der Waals surface area contributed by atoms with Crippen LogP contribution in [-0.4, -0.2) is 10.9 Å². The van der Waals surface area contributed by atoms with E-state index in [4.69, 9.17) is 0 Å². The zero-order valence-electron chi connectivity index (χ0n) is 8.40. The van der Waals surface area contributed by atoms with Crippen LogP contribution in [-0.2, 0) is 0 Å². The maximum atomic E-state index is 11.7. The number of hydrogen-bond acceptors (Lipinski definition) is 4. The Balaban J connectivity index is 2.10. The number of hydrogen-bond donors (Lipinski definition) is 1. The quantitative estimate of drug-likeness (QED) is 0.873. The van der Waals surface area contributed by atoms with Crippen molar-refractivity contribution in [1.82, 2.24) is 4.98 Å². The molecule has 0 atom stereocenters. The summed E-state index contributed by atoms with van der Waals surface area (Å²) >= 11 is 3.01. The highest BCUT2D eigenvalue weighted by molar-refractivity contribution is 7.14. The van der Waals surface area contributed by atoms with Crippen LogP contribution in [0.25, 0.3) is 0 Å². The van der Waals surface area contributed by atoms with Gasteiger partial charge in [-0.2, -0.15) is 0 Å². The number of carbonyl (C=O) groups is 1. The molecule has 15 heavy (non-hydrogen) atoms. The monoisotopic (exact) mass is 238 g/mol. The average Bonchev–Trinajstić information content (AvgIpc) is 2.75. The van der Waals surface area contributed by atoms with E-state index in [0.29, 0.717) is 10.7 Å². The molecule has 2 heterocycles. The third-order valence-electron chi connectivity index (χ3n) is 1.83. The highest BCUT2D eigenvalue weighted by Crippen LogP contribution is 2.18. The second-order valence-electron chi connectivity index (χ2n) is 3.19. The topological polar surface area (TPSA) is 42.0 Å². The van der Waals surface area contributed by atoms with Gasteiger partial charge in [-0.05, 0) is 19.9 Å². The van der Waals surface area contributed by atoms with Crippen molar-refractivity contribution in [2.45, 2.75) is 13.8 Å². The normalized spacial score (nSPS) is 10.3. The minimum atomic E-state index is -0.0892. The lowest BCUT2D eigenvalue weighted by molar-refractivity contribution is 0.102. The smallest absolute Gasteiger partial charge is 0.258 e. The molecule has 2 aromatic heterocycles. The summed E-state index contributed by atoms with van der Waals surface area (Å²) in [4.78, 5) is 17.0. The number of nitrogens with one attached hydrogen (secondary N) is 1. The lowest BCUT2D eigenvalue weighted by atomic mass is 10.3. The van der Waals surface area contributed by atoms with Crippen molar-refractivity contribution in [3.8, 4) is 0 Å². The first-order valence-corrected chi connectivity index (χ1v) is 6.19. The summed E-state index contributed by atoms with van der Waals surface area (Å²) in [6.07, 6.45) is 0. The van der Waals surface area contributed by atoms with Crippen LogP contribution < -0.4 is 5.32 Å². The van der Waals surface area contributed by atoms with Gasteiger partial charge >= 0.3 is 0 Å². The van der Waals surface area contributed by atoms with Crippen LogP contribution in [0.5, 0.6) is 0 Å². The number of rotatable bonds is 2. The van der Waals surface area contributed by atoms with E-state index in [1.165, 1.54) is 11.3 Å². The second-order valence-corrected chi connectivity index (χ2v) is 5.17. The van der Waals surface area contributed by atoms with E-state index < -0.39 is 0 Å². The molecule has 0 aliphatic carbocycles. The molecule has 78 valence electrons. The Hall–Kier alpha value is -1.20. The summed E-state index contributed by atoms with van der Waals surface area (Å²) in [5, 5.41) is 7.19. The minimum Gasteiger partial charge on any atom is -0.298 e. The van der Waals surface area contributed by atoms with Gasteiger partial charge in [0.2, 0.25) is 0 Å². The predicted octanol–water partition coefficient (Wildman–Crippen LogP) is 3.07. The Labute approximate surface area is 95.8 Å². The number of aryl methyl sites for hydroxylation is 2. The van der Waals surface area contributed by atoms with Gasteiger partial charge in [0.15, 0.2) is 5.13 Å². The van der Waals surface area contributed by atoms with Crippen molar-refractivity contribution in [1.29, 1.82) is 0 Å². The number of nitrogens with zero attached hydrogens (tertiary/aromatic N) is 1. The molecule has 1 amide bonds. The first-order valence-electron chi connectivity index (χ1n) is 4.44. The molecule has 0 aliphatic rings. The van der Waals surface area contributed by atoms with Crippen molar-refractivity contribution in [3.05, 3.63) is 33.0 Å². The highest BCUT2D eigenvalue weighted by Gasteiger charge is 2.09. The fraction of sp³-hybridized carbons (Fsp3) is 0.200. The molecule has 0 spiro atoms. The van der Waals surface area contributed by atoms with E-state index in [2.05, 4.69) is 10.3 Å². The minimum absolute atomic E-state index is 0.0892. The molecule has 0 bridgehead atoms. The van der Waals surface area contributed by atoms with Gasteiger partial charge in [0.1, 0.15) is 0 Å². The Morgan fingerprint density at radius 2 is 2.13 bits per heavy atom.